The number of piperidine rings is 2. The molecule has 3 aliphatic rings. The molecule has 0 spiro atoms. The molecule has 1 aromatic carbocycles. The minimum Gasteiger partial charge on any atom is -0.351 e. The van der Waals surface area contributed by atoms with E-state index in [1.54, 1.807) is 0 Å². The fourth-order valence-corrected chi connectivity index (χ4v) is 5.19. The number of carbonyl (C=O) groups is 2. The van der Waals surface area contributed by atoms with Gasteiger partial charge in [-0.05, 0) is 68.7 Å². The van der Waals surface area contributed by atoms with Crippen molar-refractivity contribution in [3.05, 3.63) is 35.0 Å². The van der Waals surface area contributed by atoms with Crippen molar-refractivity contribution in [1.82, 2.24) is 14.8 Å². The fraction of sp³-hybridized carbons (Fsp3) is 0.545. The number of hydrogen-bond acceptors (Lipinski definition) is 2. The highest BCUT2D eigenvalue weighted by molar-refractivity contribution is 5.99. The summed E-state index contributed by atoms with van der Waals surface area (Å²) in [5.74, 6) is 0.853. The van der Waals surface area contributed by atoms with E-state index in [2.05, 4.69) is 35.9 Å². The number of aryl methyl sites for hydroxylation is 2. The minimum atomic E-state index is 0.0941. The maximum atomic E-state index is 13.1. The molecule has 2 atom stereocenters. The fourth-order valence-electron chi connectivity index (χ4n) is 5.19. The first-order valence-corrected chi connectivity index (χ1v) is 10.2. The first-order valence-electron chi connectivity index (χ1n) is 10.2. The van der Waals surface area contributed by atoms with Crippen LogP contribution in [0.3, 0.4) is 0 Å². The summed E-state index contributed by atoms with van der Waals surface area (Å²) < 4.78 is 0. The number of fused-ring (bicyclic) bond motifs is 2. The Morgan fingerprint density at radius 2 is 1.93 bits per heavy atom. The number of benzene rings is 1. The van der Waals surface area contributed by atoms with Gasteiger partial charge in [0.05, 0.1) is 0 Å². The van der Waals surface area contributed by atoms with Crippen LogP contribution in [0.25, 0.3) is 10.9 Å². The number of nitrogens with zero attached hydrogens (tertiary/aromatic N) is 2. The zero-order valence-corrected chi connectivity index (χ0v) is 16.1. The van der Waals surface area contributed by atoms with Crippen LogP contribution in [0.1, 0.15) is 53.7 Å². The first-order chi connectivity index (χ1) is 13.0. The highest BCUT2D eigenvalue weighted by Crippen LogP contribution is 2.39. The van der Waals surface area contributed by atoms with Crippen LogP contribution < -0.4 is 0 Å². The smallest absolute Gasteiger partial charge is 0.270 e. The Morgan fingerprint density at radius 1 is 1.11 bits per heavy atom. The Balaban J connectivity index is 1.36. The highest BCUT2D eigenvalue weighted by atomic mass is 16.2. The molecule has 5 rings (SSSR count). The number of H-pyrrole nitrogens is 1. The SMILES string of the molecule is Cc1cc(C)c2cc(C(=O)N3CC[C@@H]4[C@@H](CCC(=O)N4C4CC4)C3)[nH]c2c1. The van der Waals surface area contributed by atoms with Crippen LogP contribution >= 0.6 is 0 Å². The summed E-state index contributed by atoms with van der Waals surface area (Å²) in [5, 5.41) is 1.13. The number of likely N-dealkylation sites (tertiary alicyclic amines) is 2. The maximum Gasteiger partial charge on any atom is 0.270 e. The molecule has 2 aromatic rings. The number of nitrogens with one attached hydrogen (secondary N) is 1. The van der Waals surface area contributed by atoms with Crippen molar-refractivity contribution in [3.63, 3.8) is 0 Å². The molecule has 1 saturated carbocycles. The monoisotopic (exact) mass is 365 g/mol. The largest absolute Gasteiger partial charge is 0.351 e. The maximum absolute atomic E-state index is 13.1. The molecule has 1 N–H and O–H groups in total. The van der Waals surface area contributed by atoms with Gasteiger partial charge >= 0.3 is 0 Å². The van der Waals surface area contributed by atoms with E-state index in [0.717, 1.165) is 49.7 Å². The summed E-state index contributed by atoms with van der Waals surface area (Å²) in [5.41, 5.74) is 4.12. The lowest BCUT2D eigenvalue weighted by Crippen LogP contribution is -2.57. The number of carbonyl (C=O) groups excluding carboxylic acids is 2. The van der Waals surface area contributed by atoms with Crippen molar-refractivity contribution in [1.29, 1.82) is 0 Å². The van der Waals surface area contributed by atoms with E-state index in [0.29, 0.717) is 36.0 Å². The average Bonchev–Trinajstić information content (AvgIpc) is 3.38. The molecule has 1 aliphatic carbocycles. The number of rotatable bonds is 2. The zero-order valence-electron chi connectivity index (χ0n) is 16.1. The van der Waals surface area contributed by atoms with E-state index in [9.17, 15) is 9.59 Å². The van der Waals surface area contributed by atoms with Gasteiger partial charge in [-0.15, -0.1) is 0 Å². The molecule has 1 aromatic heterocycles. The van der Waals surface area contributed by atoms with E-state index >= 15 is 0 Å². The van der Waals surface area contributed by atoms with Crippen LogP contribution in [-0.4, -0.2) is 51.8 Å². The lowest BCUT2D eigenvalue weighted by atomic mass is 9.83. The standard InChI is InChI=1S/C22H27N3O2/c1-13-9-14(2)17-11-19(23-18(17)10-13)22(27)24-8-7-20-15(12-24)3-6-21(26)25(20)16-4-5-16/h9-11,15-16,20,23H,3-8,12H2,1-2H3/t15-,20+/m0/s1. The van der Waals surface area contributed by atoms with Crippen LogP contribution in [0, 0.1) is 19.8 Å². The average molecular weight is 365 g/mol. The number of amides is 2. The quantitative estimate of drug-likeness (QED) is 0.887. The van der Waals surface area contributed by atoms with Crippen molar-refractivity contribution in [3.8, 4) is 0 Å². The molecule has 0 bridgehead atoms. The van der Waals surface area contributed by atoms with Crippen LogP contribution in [-0.2, 0) is 4.79 Å². The molecule has 2 amide bonds. The van der Waals surface area contributed by atoms with Gasteiger partial charge in [0.15, 0.2) is 0 Å². The second-order valence-electron chi connectivity index (χ2n) is 8.66. The van der Waals surface area contributed by atoms with Gasteiger partial charge in [-0.25, -0.2) is 0 Å². The molecule has 2 saturated heterocycles. The normalized spacial score (nSPS) is 25.8. The lowest BCUT2D eigenvalue weighted by molar-refractivity contribution is -0.141. The van der Waals surface area contributed by atoms with Gasteiger partial charge in [-0.2, -0.15) is 0 Å². The van der Waals surface area contributed by atoms with Gasteiger partial charge in [0.25, 0.3) is 5.91 Å². The van der Waals surface area contributed by atoms with Crippen LogP contribution in [0.2, 0.25) is 0 Å². The summed E-state index contributed by atoms with van der Waals surface area (Å²) in [4.78, 5) is 33.0. The third kappa shape index (κ3) is 2.84. The number of hydrogen-bond donors (Lipinski definition) is 1. The highest BCUT2D eigenvalue weighted by Gasteiger charge is 2.45. The topological polar surface area (TPSA) is 56.4 Å². The van der Waals surface area contributed by atoms with Gasteiger partial charge in [-0.1, -0.05) is 6.07 Å². The Labute approximate surface area is 159 Å². The Hall–Kier alpha value is -2.30. The predicted octanol–water partition coefficient (Wildman–Crippen LogP) is 3.40. The summed E-state index contributed by atoms with van der Waals surface area (Å²) in [6.07, 6.45) is 4.79. The second kappa shape index (κ2) is 6.11. The number of aromatic nitrogens is 1. The van der Waals surface area contributed by atoms with Crippen molar-refractivity contribution >= 4 is 22.7 Å². The Bertz CT molecular complexity index is 927. The van der Waals surface area contributed by atoms with Crippen molar-refractivity contribution < 1.29 is 9.59 Å². The van der Waals surface area contributed by atoms with E-state index in [4.69, 9.17) is 0 Å². The molecule has 0 radical (unpaired) electrons. The molecule has 5 heteroatoms. The van der Waals surface area contributed by atoms with Gasteiger partial charge in [0.2, 0.25) is 5.91 Å². The van der Waals surface area contributed by atoms with Crippen molar-refractivity contribution in [2.24, 2.45) is 5.92 Å². The zero-order chi connectivity index (χ0) is 18.7. The summed E-state index contributed by atoms with van der Waals surface area (Å²) in [6.45, 7) is 5.68. The van der Waals surface area contributed by atoms with E-state index in [-0.39, 0.29) is 5.91 Å². The molecule has 0 unspecified atom stereocenters. The number of aromatic amines is 1. The second-order valence-corrected chi connectivity index (χ2v) is 8.66. The predicted molar refractivity (Wildman–Crippen MR) is 105 cm³/mol. The van der Waals surface area contributed by atoms with Gasteiger partial charge < -0.3 is 14.8 Å². The van der Waals surface area contributed by atoms with Crippen molar-refractivity contribution in [2.75, 3.05) is 13.1 Å². The van der Waals surface area contributed by atoms with Crippen molar-refractivity contribution in [2.45, 2.75) is 58.0 Å². The molecule has 27 heavy (non-hydrogen) atoms. The molecular formula is C22H27N3O2. The van der Waals surface area contributed by atoms with E-state index in [1.807, 2.05) is 11.0 Å². The van der Waals surface area contributed by atoms with Gasteiger partial charge in [0.1, 0.15) is 5.69 Å². The lowest BCUT2D eigenvalue weighted by Gasteiger charge is -2.47. The third-order valence-electron chi connectivity index (χ3n) is 6.62. The summed E-state index contributed by atoms with van der Waals surface area (Å²) in [7, 11) is 0. The summed E-state index contributed by atoms with van der Waals surface area (Å²) >= 11 is 0. The van der Waals surface area contributed by atoms with E-state index < -0.39 is 0 Å². The third-order valence-corrected chi connectivity index (χ3v) is 6.62. The van der Waals surface area contributed by atoms with Gasteiger partial charge in [0, 0.05) is 42.5 Å². The minimum absolute atomic E-state index is 0.0941. The molecule has 2 aliphatic heterocycles. The Morgan fingerprint density at radius 3 is 2.70 bits per heavy atom. The van der Waals surface area contributed by atoms with Crippen LogP contribution in [0.4, 0.5) is 0 Å². The van der Waals surface area contributed by atoms with E-state index in [1.165, 1.54) is 11.1 Å². The van der Waals surface area contributed by atoms with Crippen LogP contribution in [0.5, 0.6) is 0 Å². The molecule has 142 valence electrons. The molecular weight excluding hydrogens is 338 g/mol. The molecule has 3 heterocycles. The summed E-state index contributed by atoms with van der Waals surface area (Å²) in [6, 6.07) is 7.08. The first kappa shape index (κ1) is 16.8. The van der Waals surface area contributed by atoms with Gasteiger partial charge in [-0.3, -0.25) is 9.59 Å². The molecule has 3 fully saturated rings. The Kier molecular flexibility index (Phi) is 3.81. The van der Waals surface area contributed by atoms with Crippen LogP contribution in [0.15, 0.2) is 18.2 Å². The molecule has 5 nitrogen and oxygen atoms in total.